The average Bonchev–Trinajstić information content (AvgIpc) is 2.80. The maximum absolute atomic E-state index is 13.5. The van der Waals surface area contributed by atoms with Crippen LogP contribution in [-0.2, 0) is 7.05 Å². The predicted molar refractivity (Wildman–Crippen MR) is 66.0 cm³/mol. The minimum atomic E-state index is -2.08. The Morgan fingerprint density at radius 1 is 1.27 bits per heavy atom. The van der Waals surface area contributed by atoms with Crippen molar-refractivity contribution in [2.24, 2.45) is 7.05 Å². The molecule has 1 atom stereocenters. The van der Waals surface area contributed by atoms with Gasteiger partial charge in [0, 0.05) is 7.05 Å². The van der Waals surface area contributed by atoms with E-state index in [2.05, 4.69) is 15.5 Å². The van der Waals surface area contributed by atoms with Gasteiger partial charge in [-0.2, -0.15) is 5.10 Å². The smallest absolute Gasteiger partial charge is 0.342 e. The maximum atomic E-state index is 13.5. The molecule has 0 unspecified atom stereocenters. The van der Waals surface area contributed by atoms with E-state index in [1.807, 2.05) is 0 Å². The molecular formula is C12H10F4N4O2. The van der Waals surface area contributed by atoms with Crippen LogP contribution in [0.2, 0.25) is 0 Å². The number of aromatic amines is 1. The van der Waals surface area contributed by atoms with E-state index in [4.69, 9.17) is 0 Å². The lowest BCUT2D eigenvalue weighted by molar-refractivity contribution is 0.0931. The average molecular weight is 318 g/mol. The molecule has 0 aliphatic heterocycles. The van der Waals surface area contributed by atoms with Crippen LogP contribution in [0.15, 0.2) is 10.9 Å². The highest BCUT2D eigenvalue weighted by atomic mass is 19.2. The van der Waals surface area contributed by atoms with Gasteiger partial charge < -0.3 is 5.32 Å². The molecular weight excluding hydrogens is 308 g/mol. The number of nitrogens with one attached hydrogen (secondary N) is 2. The number of carbonyl (C=O) groups is 1. The molecule has 1 amide bonds. The summed E-state index contributed by atoms with van der Waals surface area (Å²) in [4.78, 5) is 23.1. The first-order valence-corrected chi connectivity index (χ1v) is 5.99. The first kappa shape index (κ1) is 15.7. The number of benzene rings is 1. The SMILES string of the molecule is C[C@H](NC(=O)c1cc(F)c(F)c(F)c1F)c1n[nH]c(=O)n1C. The van der Waals surface area contributed by atoms with Gasteiger partial charge in [-0.1, -0.05) is 0 Å². The van der Waals surface area contributed by atoms with E-state index >= 15 is 0 Å². The van der Waals surface area contributed by atoms with Crippen LogP contribution in [-0.4, -0.2) is 20.7 Å². The summed E-state index contributed by atoms with van der Waals surface area (Å²) in [6.07, 6.45) is 0. The summed E-state index contributed by atoms with van der Waals surface area (Å²) < 4.78 is 53.6. The van der Waals surface area contributed by atoms with Crippen molar-refractivity contribution in [2.75, 3.05) is 0 Å². The molecule has 2 rings (SSSR count). The summed E-state index contributed by atoms with van der Waals surface area (Å²) in [6, 6.07) is -0.619. The van der Waals surface area contributed by atoms with Crippen molar-refractivity contribution in [3.8, 4) is 0 Å². The summed E-state index contributed by atoms with van der Waals surface area (Å²) in [6.45, 7) is 1.42. The fraction of sp³-hybridized carbons (Fsp3) is 0.250. The molecule has 0 aliphatic rings. The number of nitrogens with zero attached hydrogens (tertiary/aromatic N) is 2. The van der Waals surface area contributed by atoms with E-state index < -0.39 is 46.5 Å². The Bertz CT molecular complexity index is 799. The third kappa shape index (κ3) is 2.59. The van der Waals surface area contributed by atoms with Crippen molar-refractivity contribution in [1.29, 1.82) is 0 Å². The van der Waals surface area contributed by atoms with Gasteiger partial charge in [-0.15, -0.1) is 0 Å². The molecule has 0 saturated carbocycles. The van der Waals surface area contributed by atoms with Crippen LogP contribution in [0.4, 0.5) is 17.6 Å². The van der Waals surface area contributed by atoms with Crippen molar-refractivity contribution in [3.05, 3.63) is 51.2 Å². The number of hydrogen-bond donors (Lipinski definition) is 2. The molecule has 2 N–H and O–H groups in total. The first-order valence-electron chi connectivity index (χ1n) is 5.99. The van der Waals surface area contributed by atoms with Gasteiger partial charge in [-0.05, 0) is 13.0 Å². The lowest BCUT2D eigenvalue weighted by atomic mass is 10.1. The lowest BCUT2D eigenvalue weighted by Crippen LogP contribution is -2.30. The fourth-order valence-electron chi connectivity index (χ4n) is 1.82. The zero-order valence-corrected chi connectivity index (χ0v) is 11.4. The summed E-state index contributed by atoms with van der Waals surface area (Å²) in [5.41, 5.74) is -1.54. The van der Waals surface area contributed by atoms with Crippen molar-refractivity contribution in [1.82, 2.24) is 20.1 Å². The Labute approximate surface area is 120 Å². The van der Waals surface area contributed by atoms with Crippen LogP contribution in [0.25, 0.3) is 0 Å². The van der Waals surface area contributed by atoms with E-state index in [1.54, 1.807) is 0 Å². The molecule has 0 fully saturated rings. The summed E-state index contributed by atoms with van der Waals surface area (Å²) in [5.74, 6) is -8.65. The maximum Gasteiger partial charge on any atom is 0.343 e. The monoisotopic (exact) mass is 318 g/mol. The Morgan fingerprint density at radius 3 is 2.45 bits per heavy atom. The molecule has 1 aromatic carbocycles. The van der Waals surface area contributed by atoms with Gasteiger partial charge in [0.2, 0.25) is 0 Å². The third-order valence-electron chi connectivity index (χ3n) is 3.00. The number of aromatic nitrogens is 3. The second-order valence-electron chi connectivity index (χ2n) is 4.49. The number of H-pyrrole nitrogens is 1. The fourth-order valence-corrected chi connectivity index (χ4v) is 1.82. The number of hydrogen-bond acceptors (Lipinski definition) is 3. The highest BCUT2D eigenvalue weighted by Crippen LogP contribution is 2.19. The van der Waals surface area contributed by atoms with Gasteiger partial charge in [-0.3, -0.25) is 9.36 Å². The van der Waals surface area contributed by atoms with Gasteiger partial charge >= 0.3 is 5.69 Å². The van der Waals surface area contributed by atoms with Gasteiger partial charge in [0.15, 0.2) is 29.1 Å². The van der Waals surface area contributed by atoms with Crippen LogP contribution >= 0.6 is 0 Å². The third-order valence-corrected chi connectivity index (χ3v) is 3.00. The minimum Gasteiger partial charge on any atom is -0.342 e. The summed E-state index contributed by atoms with van der Waals surface area (Å²) in [7, 11) is 1.38. The van der Waals surface area contributed by atoms with Crippen LogP contribution in [0, 0.1) is 23.3 Å². The predicted octanol–water partition coefficient (Wildman–Crippen LogP) is 1.16. The Balaban J connectivity index is 2.30. The van der Waals surface area contributed by atoms with E-state index in [1.165, 1.54) is 14.0 Å². The molecule has 2 aromatic rings. The quantitative estimate of drug-likeness (QED) is 0.506. The van der Waals surface area contributed by atoms with Crippen molar-refractivity contribution in [2.45, 2.75) is 13.0 Å². The van der Waals surface area contributed by atoms with Crippen molar-refractivity contribution < 1.29 is 22.4 Å². The molecule has 1 aromatic heterocycles. The molecule has 1 heterocycles. The Hall–Kier alpha value is -2.65. The lowest BCUT2D eigenvalue weighted by Gasteiger charge is -2.13. The standard InChI is InChI=1S/C12H10F4N4O2/c1-4(10-18-19-12(22)20(10)2)17-11(21)5-3-6(13)8(15)9(16)7(5)14/h3-4H,1-2H3,(H,17,21)(H,19,22)/t4-/m0/s1. The normalized spacial score (nSPS) is 12.3. The molecule has 0 bridgehead atoms. The van der Waals surface area contributed by atoms with Crippen LogP contribution < -0.4 is 11.0 Å². The topological polar surface area (TPSA) is 79.8 Å². The van der Waals surface area contributed by atoms with Crippen LogP contribution in [0.3, 0.4) is 0 Å². The Kier molecular flexibility index (Phi) is 4.02. The molecule has 0 saturated heterocycles. The minimum absolute atomic E-state index is 0.113. The molecule has 0 spiro atoms. The summed E-state index contributed by atoms with van der Waals surface area (Å²) >= 11 is 0. The highest BCUT2D eigenvalue weighted by Gasteiger charge is 2.25. The van der Waals surface area contributed by atoms with E-state index in [0.29, 0.717) is 0 Å². The second-order valence-corrected chi connectivity index (χ2v) is 4.49. The van der Waals surface area contributed by atoms with Crippen molar-refractivity contribution >= 4 is 5.91 Å². The molecule has 0 radical (unpaired) electrons. The number of rotatable bonds is 3. The largest absolute Gasteiger partial charge is 0.343 e. The number of amides is 1. The van der Waals surface area contributed by atoms with Crippen molar-refractivity contribution in [3.63, 3.8) is 0 Å². The van der Waals surface area contributed by atoms with Gasteiger partial charge in [0.05, 0.1) is 11.6 Å². The van der Waals surface area contributed by atoms with Crippen LogP contribution in [0.5, 0.6) is 0 Å². The van der Waals surface area contributed by atoms with Gasteiger partial charge in [0.1, 0.15) is 0 Å². The van der Waals surface area contributed by atoms with E-state index in [0.717, 1.165) is 4.57 Å². The zero-order valence-electron chi connectivity index (χ0n) is 11.4. The molecule has 22 heavy (non-hydrogen) atoms. The highest BCUT2D eigenvalue weighted by molar-refractivity contribution is 5.94. The Morgan fingerprint density at radius 2 is 1.91 bits per heavy atom. The molecule has 10 heteroatoms. The van der Waals surface area contributed by atoms with Crippen LogP contribution in [0.1, 0.15) is 29.1 Å². The molecule has 6 nitrogen and oxygen atoms in total. The van der Waals surface area contributed by atoms with E-state index in [9.17, 15) is 27.2 Å². The van der Waals surface area contributed by atoms with Gasteiger partial charge in [-0.25, -0.2) is 27.5 Å². The van der Waals surface area contributed by atoms with E-state index in [-0.39, 0.29) is 11.9 Å². The zero-order chi connectivity index (χ0) is 16.6. The number of halogens is 4. The second kappa shape index (κ2) is 5.62. The van der Waals surface area contributed by atoms with Gasteiger partial charge in [0.25, 0.3) is 5.91 Å². The molecule has 0 aliphatic carbocycles. The summed E-state index contributed by atoms with van der Waals surface area (Å²) in [5, 5.41) is 7.98. The first-order chi connectivity index (χ1) is 10.2. The number of carbonyl (C=O) groups excluding carboxylic acids is 1. The molecule has 118 valence electrons.